The Bertz CT molecular complexity index is 2470. The van der Waals surface area contributed by atoms with E-state index in [1.54, 1.807) is 46.8 Å². The second-order valence-electron chi connectivity index (χ2n) is 22.9. The van der Waals surface area contributed by atoms with E-state index >= 15 is 0 Å². The average molecular weight is 1210 g/mol. The maximum absolute atomic E-state index is 13.4. The zero-order valence-electron chi connectivity index (χ0n) is 44.9. The number of hydrogen-bond acceptors (Lipinski definition) is 0. The van der Waals surface area contributed by atoms with Crippen molar-refractivity contribution in [3.63, 3.8) is 0 Å². The summed E-state index contributed by atoms with van der Waals surface area (Å²) in [5, 5.41) is 1.65. The minimum atomic E-state index is -4.34. The second kappa shape index (κ2) is 24.9. The molecule has 0 unspecified atom stereocenters. The monoisotopic (exact) mass is 1210 g/mol. The van der Waals surface area contributed by atoms with E-state index in [9.17, 15) is 43.9 Å². The molecule has 0 saturated carbocycles. The van der Waals surface area contributed by atoms with Gasteiger partial charge in [-0.15, -0.1) is 0 Å². The summed E-state index contributed by atoms with van der Waals surface area (Å²) in [5.41, 5.74) is 5.18. The highest BCUT2D eigenvalue weighted by Crippen LogP contribution is 2.40. The van der Waals surface area contributed by atoms with Crippen molar-refractivity contribution in [2.24, 2.45) is 0 Å². The summed E-state index contributed by atoms with van der Waals surface area (Å²) in [4.78, 5) is 0. The van der Waals surface area contributed by atoms with Crippen molar-refractivity contribution in [1.82, 2.24) is 0 Å². The summed E-state index contributed by atoms with van der Waals surface area (Å²) >= 11 is 25.0. The summed E-state index contributed by atoms with van der Waals surface area (Å²) in [6, 6.07) is 14.4. The minimum Gasteiger partial charge on any atom is -0.203 e. The molecule has 0 bridgehead atoms. The summed E-state index contributed by atoms with van der Waals surface area (Å²) in [6.07, 6.45) is -8.60. The van der Waals surface area contributed by atoms with Crippen LogP contribution in [0.2, 0.25) is 15.1 Å². The third-order valence-electron chi connectivity index (χ3n) is 10.9. The van der Waals surface area contributed by atoms with Gasteiger partial charge in [0.2, 0.25) is 0 Å². The molecule has 0 saturated heterocycles. The molecule has 0 aliphatic rings. The van der Waals surface area contributed by atoms with E-state index < -0.39 is 52.2 Å². The van der Waals surface area contributed by atoms with Crippen LogP contribution in [0.3, 0.4) is 0 Å². The fourth-order valence-corrected chi connectivity index (χ4v) is 11.6. The first-order valence-electron chi connectivity index (χ1n) is 22.8. The molecule has 0 nitrogen and oxygen atoms in total. The molecule has 0 aromatic heterocycles. The fourth-order valence-electron chi connectivity index (χ4n) is 8.17. The van der Waals surface area contributed by atoms with E-state index in [0.29, 0.717) is 16.1 Å². The average Bonchev–Trinajstić information content (AvgIpc) is 3.13. The van der Waals surface area contributed by atoms with Gasteiger partial charge in [-0.1, -0.05) is 182 Å². The standard InChI is InChI=1S/C12H14ClF3.C12H15F3.C11H14Br2.C11H14Cl2.C11H12F4/c1-7-5-8(12(14,15)16)6-9(13)10(7)11(2,3)4;1-8-5-9(11(2,3)4)7-10(6-8)12(13,14)15;2*1-7-5-8(12)6-9(13)10(7)11(2,3)4;1-5-6(11(2,3)4)8(13)10(15)9(14)7(5)12/h5-6H,1-4H3;5-7H,1-4H3;2*5-6H,1-4H3;1-4H3. The number of aryl methyl sites for hydroxylation is 4. The third kappa shape index (κ3) is 19.4. The number of benzene rings is 5. The molecule has 0 amide bonds. The Morgan fingerprint density at radius 3 is 1.08 bits per heavy atom. The van der Waals surface area contributed by atoms with Crippen molar-refractivity contribution < 1.29 is 43.9 Å². The third-order valence-corrected chi connectivity index (χ3v) is 12.8. The van der Waals surface area contributed by atoms with Crippen LogP contribution in [0.4, 0.5) is 43.9 Å². The number of rotatable bonds is 0. The van der Waals surface area contributed by atoms with Crippen LogP contribution in [0.5, 0.6) is 0 Å². The van der Waals surface area contributed by atoms with E-state index in [-0.39, 0.29) is 37.8 Å². The van der Waals surface area contributed by atoms with E-state index in [0.717, 1.165) is 38.3 Å². The van der Waals surface area contributed by atoms with Crippen LogP contribution in [0.15, 0.2) is 63.5 Å². The van der Waals surface area contributed by atoms with Crippen molar-refractivity contribution in [2.45, 2.75) is 178 Å². The summed E-state index contributed by atoms with van der Waals surface area (Å²) in [6.45, 7) is 38.2. The molecular formula is C57H69Br2Cl3F10. The van der Waals surface area contributed by atoms with Gasteiger partial charge in [0.05, 0.1) is 11.1 Å². The van der Waals surface area contributed by atoms with E-state index in [2.05, 4.69) is 92.5 Å². The number of alkyl halides is 6. The van der Waals surface area contributed by atoms with Gasteiger partial charge in [0.15, 0.2) is 23.3 Å². The molecular weight excluding hydrogens is 1140 g/mol. The zero-order chi connectivity index (χ0) is 57.0. The van der Waals surface area contributed by atoms with Crippen molar-refractivity contribution in [1.29, 1.82) is 0 Å². The van der Waals surface area contributed by atoms with Gasteiger partial charge in [0.25, 0.3) is 0 Å². The molecule has 402 valence electrons. The molecule has 0 radical (unpaired) electrons. The van der Waals surface area contributed by atoms with Crippen molar-refractivity contribution in [3.8, 4) is 0 Å². The van der Waals surface area contributed by atoms with Gasteiger partial charge in [0, 0.05) is 29.6 Å². The Balaban J connectivity index is 0.000000451. The lowest BCUT2D eigenvalue weighted by atomic mass is 9.83. The number of hydrogen-bond donors (Lipinski definition) is 0. The lowest BCUT2D eigenvalue weighted by Gasteiger charge is -2.24. The van der Waals surface area contributed by atoms with Crippen molar-refractivity contribution >= 4 is 66.7 Å². The summed E-state index contributed by atoms with van der Waals surface area (Å²) < 4.78 is 130. The lowest BCUT2D eigenvalue weighted by Crippen LogP contribution is -2.19. The normalized spacial score (nSPS) is 12.4. The molecule has 5 aromatic carbocycles. The smallest absolute Gasteiger partial charge is 0.203 e. The first-order chi connectivity index (χ1) is 32.0. The number of halogens is 15. The Labute approximate surface area is 454 Å². The van der Waals surface area contributed by atoms with Crippen molar-refractivity contribution in [3.05, 3.63) is 169 Å². The molecule has 5 aromatic rings. The quantitative estimate of drug-likeness (QED) is 0.0824. The molecule has 0 fully saturated rings. The van der Waals surface area contributed by atoms with Crippen LogP contribution in [0, 0.1) is 57.9 Å². The van der Waals surface area contributed by atoms with E-state index in [4.69, 9.17) is 34.8 Å². The van der Waals surface area contributed by atoms with Crippen LogP contribution in [-0.2, 0) is 39.4 Å². The van der Waals surface area contributed by atoms with Crippen LogP contribution in [0.25, 0.3) is 0 Å². The largest absolute Gasteiger partial charge is 0.416 e. The summed E-state index contributed by atoms with van der Waals surface area (Å²) in [5.74, 6) is -6.13. The zero-order valence-corrected chi connectivity index (χ0v) is 50.3. The van der Waals surface area contributed by atoms with Gasteiger partial charge in [-0.2, -0.15) is 26.3 Å². The maximum atomic E-state index is 13.4. The van der Waals surface area contributed by atoms with Gasteiger partial charge in [0.1, 0.15) is 0 Å². The SMILES string of the molecule is Cc1c(F)c(F)c(F)c(F)c1C(C)(C)C.Cc1cc(Br)cc(Br)c1C(C)(C)C.Cc1cc(C(C)(C)C)cc(C(F)(F)F)c1.Cc1cc(C(F)(F)F)cc(Cl)c1C(C)(C)C.Cc1cc(Cl)cc(Cl)c1C(C)(C)C. The van der Waals surface area contributed by atoms with Gasteiger partial charge >= 0.3 is 12.4 Å². The molecule has 0 atom stereocenters. The van der Waals surface area contributed by atoms with Gasteiger partial charge in [-0.3, -0.25) is 0 Å². The highest BCUT2D eigenvalue weighted by molar-refractivity contribution is 9.11. The van der Waals surface area contributed by atoms with Crippen LogP contribution in [0.1, 0.15) is 171 Å². The predicted octanol–water partition coefficient (Wildman–Crippen LogP) is 22.5. The topological polar surface area (TPSA) is 0 Å². The highest BCUT2D eigenvalue weighted by Gasteiger charge is 2.34. The van der Waals surface area contributed by atoms with E-state index in [1.807, 2.05) is 54.5 Å². The molecule has 0 aliphatic carbocycles. The summed E-state index contributed by atoms with van der Waals surface area (Å²) in [7, 11) is 0. The highest BCUT2D eigenvalue weighted by atomic mass is 79.9. The Hall–Kier alpha value is -2.77. The Kier molecular flexibility index (Phi) is 23.3. The molecule has 0 spiro atoms. The van der Waals surface area contributed by atoms with Gasteiger partial charge in [-0.25, -0.2) is 17.6 Å². The van der Waals surface area contributed by atoms with E-state index in [1.165, 1.54) is 40.2 Å². The predicted molar refractivity (Wildman–Crippen MR) is 290 cm³/mol. The van der Waals surface area contributed by atoms with Crippen LogP contribution >= 0.6 is 66.7 Å². The molecule has 0 aliphatic heterocycles. The van der Waals surface area contributed by atoms with Crippen LogP contribution < -0.4 is 0 Å². The first-order valence-corrected chi connectivity index (χ1v) is 25.5. The molecule has 15 heteroatoms. The van der Waals surface area contributed by atoms with Crippen molar-refractivity contribution in [2.75, 3.05) is 0 Å². The van der Waals surface area contributed by atoms with Gasteiger partial charge in [-0.05, 0) is 155 Å². The first kappa shape index (κ1) is 67.2. The molecule has 0 heterocycles. The maximum Gasteiger partial charge on any atom is 0.416 e. The Morgan fingerprint density at radius 2 is 0.722 bits per heavy atom. The fraction of sp³-hybridized carbons (Fsp3) is 0.474. The Morgan fingerprint density at radius 1 is 0.361 bits per heavy atom. The minimum absolute atomic E-state index is 0.0752. The lowest BCUT2D eigenvalue weighted by molar-refractivity contribution is -0.138. The molecule has 72 heavy (non-hydrogen) atoms. The molecule has 5 rings (SSSR count). The second-order valence-corrected chi connectivity index (χ2v) is 25.9. The van der Waals surface area contributed by atoms with Crippen LogP contribution in [-0.4, -0.2) is 0 Å². The molecule has 0 N–H and O–H groups in total. The van der Waals surface area contributed by atoms with Gasteiger partial charge < -0.3 is 0 Å².